The molecule has 4 aromatic rings. The first-order valence-electron chi connectivity index (χ1n) is 13.9. The van der Waals surface area contributed by atoms with Crippen molar-refractivity contribution in [2.24, 2.45) is 0 Å². The molecule has 216 valence electrons. The Morgan fingerprint density at radius 1 is 0.833 bits per heavy atom. The van der Waals surface area contributed by atoms with Crippen LogP contribution in [0.5, 0.6) is 5.75 Å². The van der Waals surface area contributed by atoms with Crippen molar-refractivity contribution in [3.63, 3.8) is 0 Å². The molecule has 7 nitrogen and oxygen atoms in total. The fourth-order valence-electron chi connectivity index (χ4n) is 5.45. The molecule has 0 aromatic heterocycles. The fourth-order valence-corrected chi connectivity index (χ4v) is 5.45. The predicted molar refractivity (Wildman–Crippen MR) is 157 cm³/mol. The molecule has 5 rings (SSSR count). The summed E-state index contributed by atoms with van der Waals surface area (Å²) in [5.41, 5.74) is -0.268. The summed E-state index contributed by atoms with van der Waals surface area (Å²) in [6.07, 6.45) is -2.40. The van der Waals surface area contributed by atoms with Gasteiger partial charge in [0, 0.05) is 6.42 Å². The lowest BCUT2D eigenvalue weighted by Gasteiger charge is -2.37. The van der Waals surface area contributed by atoms with Crippen LogP contribution in [-0.2, 0) is 36.0 Å². The van der Waals surface area contributed by atoms with Crippen LogP contribution < -0.4 is 4.74 Å². The number of hydrogen-bond donors (Lipinski definition) is 1. The summed E-state index contributed by atoms with van der Waals surface area (Å²) in [6.45, 7) is 1.49. The molecule has 1 N–H and O–H groups in total. The van der Waals surface area contributed by atoms with E-state index in [1.807, 2.05) is 115 Å². The summed E-state index contributed by atoms with van der Waals surface area (Å²) < 4.78 is 24.0. The van der Waals surface area contributed by atoms with E-state index in [2.05, 4.69) is 0 Å². The van der Waals surface area contributed by atoms with Gasteiger partial charge in [0.1, 0.15) is 17.5 Å². The smallest absolute Gasteiger partial charge is 0.349 e. The van der Waals surface area contributed by atoms with Crippen LogP contribution in [0.4, 0.5) is 0 Å². The van der Waals surface area contributed by atoms with Crippen LogP contribution in [0.15, 0.2) is 115 Å². The number of ketones is 1. The van der Waals surface area contributed by atoms with Crippen molar-refractivity contribution in [2.45, 2.75) is 43.4 Å². The highest BCUT2D eigenvalue weighted by molar-refractivity contribution is 6.09. The zero-order chi connectivity index (χ0) is 29.6. The van der Waals surface area contributed by atoms with Crippen LogP contribution in [0.25, 0.3) is 0 Å². The van der Waals surface area contributed by atoms with Crippen molar-refractivity contribution < 1.29 is 33.6 Å². The Balaban J connectivity index is 1.56. The molecule has 3 atom stereocenters. The minimum absolute atomic E-state index is 0.0613. The van der Waals surface area contributed by atoms with Gasteiger partial charge in [-0.25, -0.2) is 4.79 Å². The van der Waals surface area contributed by atoms with Gasteiger partial charge in [0.25, 0.3) is 5.60 Å². The van der Waals surface area contributed by atoms with E-state index in [1.54, 1.807) is 14.0 Å². The summed E-state index contributed by atoms with van der Waals surface area (Å²) in [7, 11) is 1.61. The third-order valence-electron chi connectivity index (χ3n) is 7.66. The molecule has 1 aliphatic rings. The molecular formula is C35H34O7. The number of cyclic esters (lactones) is 1. The maximum absolute atomic E-state index is 13.1. The maximum atomic E-state index is 13.1. The van der Waals surface area contributed by atoms with Gasteiger partial charge in [-0.05, 0) is 34.4 Å². The zero-order valence-corrected chi connectivity index (χ0v) is 23.6. The maximum Gasteiger partial charge on any atom is 0.349 e. The first-order chi connectivity index (χ1) is 20.4. The molecule has 1 heterocycles. The molecule has 7 heteroatoms. The number of methoxy groups -OCH3 is 1. The van der Waals surface area contributed by atoms with Gasteiger partial charge in [-0.3, -0.25) is 4.79 Å². The van der Waals surface area contributed by atoms with Gasteiger partial charge in [0.15, 0.2) is 11.9 Å². The zero-order valence-electron chi connectivity index (χ0n) is 23.6. The van der Waals surface area contributed by atoms with Gasteiger partial charge in [0.05, 0.1) is 20.3 Å². The number of esters is 1. The summed E-state index contributed by atoms with van der Waals surface area (Å²) in [4.78, 5) is 26.0. The minimum atomic E-state index is -2.44. The Hall–Kier alpha value is -4.30. The molecule has 42 heavy (non-hydrogen) atoms. The van der Waals surface area contributed by atoms with Gasteiger partial charge in [-0.1, -0.05) is 110 Å². The third-order valence-corrected chi connectivity index (χ3v) is 7.66. The Morgan fingerprint density at radius 3 is 1.88 bits per heavy atom. The molecular weight excluding hydrogens is 532 g/mol. The average molecular weight is 567 g/mol. The van der Waals surface area contributed by atoms with Crippen LogP contribution in [0.3, 0.4) is 0 Å². The summed E-state index contributed by atoms with van der Waals surface area (Å²) in [5, 5.41) is 11.5. The Bertz CT molecular complexity index is 1430. The lowest BCUT2D eigenvalue weighted by Crippen LogP contribution is -2.54. The minimum Gasteiger partial charge on any atom is -0.497 e. The summed E-state index contributed by atoms with van der Waals surface area (Å²) in [6, 6.07) is 36.4. The van der Waals surface area contributed by atoms with Gasteiger partial charge in [-0.15, -0.1) is 0 Å². The van der Waals surface area contributed by atoms with Crippen molar-refractivity contribution in [2.75, 3.05) is 13.7 Å². The van der Waals surface area contributed by atoms with Gasteiger partial charge >= 0.3 is 5.97 Å². The highest BCUT2D eigenvalue weighted by atomic mass is 16.6. The topological polar surface area (TPSA) is 91.3 Å². The van der Waals surface area contributed by atoms with E-state index < -0.39 is 35.2 Å². The number of carbonyl (C=O) groups excluding carboxylic acids is 2. The molecule has 0 aliphatic carbocycles. The number of ether oxygens (including phenoxy) is 4. The lowest BCUT2D eigenvalue weighted by atomic mass is 9.80. The molecule has 0 radical (unpaired) electrons. The average Bonchev–Trinajstić information content (AvgIpc) is 3.30. The second kappa shape index (κ2) is 12.7. The molecule has 0 bridgehead atoms. The van der Waals surface area contributed by atoms with E-state index in [-0.39, 0.29) is 19.6 Å². The van der Waals surface area contributed by atoms with Gasteiger partial charge in [-0.2, -0.15) is 0 Å². The largest absolute Gasteiger partial charge is 0.497 e. The molecule has 1 saturated heterocycles. The Morgan fingerprint density at radius 2 is 1.36 bits per heavy atom. The quantitative estimate of drug-likeness (QED) is 0.143. The second-order valence-corrected chi connectivity index (χ2v) is 10.2. The van der Waals surface area contributed by atoms with E-state index in [0.29, 0.717) is 5.75 Å². The van der Waals surface area contributed by atoms with Crippen molar-refractivity contribution in [1.29, 1.82) is 0 Å². The van der Waals surface area contributed by atoms with Crippen molar-refractivity contribution in [1.82, 2.24) is 0 Å². The van der Waals surface area contributed by atoms with Crippen LogP contribution >= 0.6 is 0 Å². The predicted octanol–water partition coefficient (Wildman–Crippen LogP) is 5.22. The normalized spacial score (nSPS) is 20.2. The second-order valence-electron chi connectivity index (χ2n) is 10.2. The monoisotopic (exact) mass is 566 g/mol. The van der Waals surface area contributed by atoms with E-state index >= 15 is 0 Å². The molecule has 0 unspecified atom stereocenters. The number of rotatable bonds is 12. The van der Waals surface area contributed by atoms with Crippen molar-refractivity contribution in [3.05, 3.63) is 138 Å². The standard InChI is InChI=1S/C35H34O7/c1-3-31(36)34(38)32(40-23-25-13-7-4-8-14-25)30(42-33(34)37)24-41-35(26-15-9-5-10-16-26,27-17-11-6-12-18-27)28-19-21-29(39-2)22-20-28/h4-22,30,32,38H,3,23-24H2,1-2H3/t30-,32-,34-/m0/s1. The van der Waals surface area contributed by atoms with Crippen molar-refractivity contribution in [3.8, 4) is 5.75 Å². The van der Waals surface area contributed by atoms with Gasteiger partial charge < -0.3 is 24.1 Å². The molecule has 0 spiro atoms. The number of benzene rings is 4. The Labute approximate surface area is 245 Å². The third kappa shape index (κ3) is 5.46. The van der Waals surface area contributed by atoms with Crippen LogP contribution in [0.1, 0.15) is 35.6 Å². The van der Waals surface area contributed by atoms with Crippen LogP contribution in [0, 0.1) is 0 Å². The number of aliphatic hydroxyl groups is 1. The summed E-state index contributed by atoms with van der Waals surface area (Å²) >= 11 is 0. The highest BCUT2D eigenvalue weighted by Crippen LogP contribution is 2.42. The Kier molecular flexibility index (Phi) is 8.83. The van der Waals surface area contributed by atoms with Crippen LogP contribution in [0.2, 0.25) is 0 Å². The van der Waals surface area contributed by atoms with Gasteiger partial charge in [0.2, 0.25) is 0 Å². The van der Waals surface area contributed by atoms with E-state index in [0.717, 1.165) is 22.3 Å². The first-order valence-corrected chi connectivity index (χ1v) is 13.9. The first kappa shape index (κ1) is 29.2. The molecule has 4 aromatic carbocycles. The number of hydrogen-bond acceptors (Lipinski definition) is 7. The van der Waals surface area contributed by atoms with E-state index in [9.17, 15) is 14.7 Å². The van der Waals surface area contributed by atoms with E-state index in [4.69, 9.17) is 18.9 Å². The van der Waals surface area contributed by atoms with E-state index in [1.165, 1.54) is 0 Å². The molecule has 0 saturated carbocycles. The molecule has 1 aliphatic heterocycles. The number of Topliss-reactive ketones (excluding diaryl/α,β-unsaturated/α-hetero) is 1. The number of carbonyl (C=O) groups is 2. The summed E-state index contributed by atoms with van der Waals surface area (Å²) in [5.74, 6) is -1.01. The fraction of sp³-hybridized carbons (Fsp3) is 0.257. The lowest BCUT2D eigenvalue weighted by molar-refractivity contribution is -0.166. The highest BCUT2D eigenvalue weighted by Gasteiger charge is 2.62. The molecule has 0 amide bonds. The van der Waals surface area contributed by atoms with Crippen LogP contribution in [-0.4, -0.2) is 48.4 Å². The SMILES string of the molecule is CCC(=O)[C@@]1(O)C(=O)O[C@@H](COC(c2ccccc2)(c2ccccc2)c2ccc(OC)cc2)[C@@H]1OCc1ccccc1. The molecule has 1 fully saturated rings. The van der Waals surface area contributed by atoms with Crippen molar-refractivity contribution >= 4 is 11.8 Å².